The van der Waals surface area contributed by atoms with Crippen molar-refractivity contribution < 1.29 is 26.6 Å². The summed E-state index contributed by atoms with van der Waals surface area (Å²) in [4.78, 5) is 13.6. The number of hydrogen-bond donors (Lipinski definition) is 0. The van der Waals surface area contributed by atoms with Gasteiger partial charge in [-0.05, 0) is 20.6 Å². The van der Waals surface area contributed by atoms with E-state index in [-0.39, 0.29) is 23.0 Å². The fourth-order valence-corrected chi connectivity index (χ4v) is 2.40. The molecule has 0 aliphatic carbocycles. The van der Waals surface area contributed by atoms with E-state index >= 15 is 0 Å². The molecule has 3 nitrogen and oxygen atoms in total. The average Bonchev–Trinajstić information content (AvgIpc) is 3.28. The van der Waals surface area contributed by atoms with E-state index in [2.05, 4.69) is 23.1 Å². The zero-order valence-electron chi connectivity index (χ0n) is 14.8. The van der Waals surface area contributed by atoms with Crippen LogP contribution in [0.1, 0.15) is 15.9 Å². The topological polar surface area (TPSA) is 29.5 Å². The van der Waals surface area contributed by atoms with Crippen LogP contribution in [-0.4, -0.2) is 32.1 Å². The molecule has 0 atom stereocenters. The van der Waals surface area contributed by atoms with Gasteiger partial charge >= 0.3 is 23.0 Å². The molecular weight excluding hydrogens is 354 g/mol. The van der Waals surface area contributed by atoms with Gasteiger partial charge in [0.15, 0.2) is 0 Å². The minimum absolute atomic E-state index is 0. The molecular formula is C21H23FeNO2. The first kappa shape index (κ1) is 20.9. The van der Waals surface area contributed by atoms with Crippen LogP contribution in [0.3, 0.4) is 0 Å². The molecule has 0 fully saturated rings. The van der Waals surface area contributed by atoms with Crippen LogP contribution in [0, 0.1) is 0 Å². The zero-order chi connectivity index (χ0) is 17.4. The second-order valence-electron chi connectivity index (χ2n) is 5.78. The molecule has 0 radical (unpaired) electrons. The largest absolute Gasteiger partial charge is 2.00 e. The van der Waals surface area contributed by atoms with Crippen LogP contribution in [0.15, 0.2) is 72.8 Å². The van der Waals surface area contributed by atoms with Crippen molar-refractivity contribution in [2.75, 3.05) is 21.2 Å². The number of methoxy groups -OCH3 is 1. The third-order valence-corrected chi connectivity index (χ3v) is 3.49. The fourth-order valence-electron chi connectivity index (χ4n) is 2.40. The third kappa shape index (κ3) is 6.71. The predicted molar refractivity (Wildman–Crippen MR) is 98.2 cm³/mol. The van der Waals surface area contributed by atoms with E-state index in [1.807, 2.05) is 62.6 Å². The maximum Gasteiger partial charge on any atom is 2.00 e. The molecule has 4 heteroatoms. The number of rotatable bonds is 4. The molecule has 0 saturated heterocycles. The molecule has 0 unspecified atom stereocenters. The van der Waals surface area contributed by atoms with Crippen molar-refractivity contribution in [3.8, 4) is 11.1 Å². The van der Waals surface area contributed by atoms with Gasteiger partial charge in [-0.25, -0.2) is 16.9 Å². The fraction of sp³-hybridized carbons (Fsp3) is 0.190. The third-order valence-electron chi connectivity index (χ3n) is 3.49. The molecule has 3 aromatic rings. The molecule has 0 bridgehead atoms. The SMILES string of the molecule is COC(=O)c1cccc(-[c-]2ccc(CN(C)C)c2)c1.[Fe+2].c1cc[cH-]c1. The minimum atomic E-state index is -0.304. The molecule has 0 aromatic heterocycles. The maximum absolute atomic E-state index is 11.5. The molecule has 3 rings (SSSR count). The normalized spacial score (nSPS) is 9.76. The molecule has 25 heavy (non-hydrogen) atoms. The van der Waals surface area contributed by atoms with Crippen LogP contribution >= 0.6 is 0 Å². The van der Waals surface area contributed by atoms with Crippen molar-refractivity contribution >= 4 is 5.97 Å². The number of carbonyl (C=O) groups excluding carboxylic acids is 1. The van der Waals surface area contributed by atoms with Crippen LogP contribution in [0.25, 0.3) is 11.1 Å². The molecule has 0 spiro atoms. The van der Waals surface area contributed by atoms with Gasteiger partial charge in [-0.15, -0.1) is 41.5 Å². The molecule has 0 N–H and O–H groups in total. The minimum Gasteiger partial charge on any atom is -0.466 e. The number of hydrogen-bond acceptors (Lipinski definition) is 3. The van der Waals surface area contributed by atoms with Crippen molar-refractivity contribution in [1.82, 2.24) is 4.90 Å². The number of esters is 1. The quantitative estimate of drug-likeness (QED) is 0.385. The zero-order valence-corrected chi connectivity index (χ0v) is 15.9. The number of benzene rings is 1. The second kappa shape index (κ2) is 10.7. The van der Waals surface area contributed by atoms with Crippen molar-refractivity contribution in [1.29, 1.82) is 0 Å². The monoisotopic (exact) mass is 377 g/mol. The van der Waals surface area contributed by atoms with Crippen molar-refractivity contribution in [2.45, 2.75) is 6.54 Å². The van der Waals surface area contributed by atoms with Crippen LogP contribution in [0.5, 0.6) is 0 Å². The summed E-state index contributed by atoms with van der Waals surface area (Å²) in [5.74, 6) is -0.304. The Morgan fingerprint density at radius 2 is 1.88 bits per heavy atom. The van der Waals surface area contributed by atoms with Crippen LogP contribution in [-0.2, 0) is 28.4 Å². The van der Waals surface area contributed by atoms with Crippen LogP contribution in [0.4, 0.5) is 0 Å². The molecule has 132 valence electrons. The van der Waals surface area contributed by atoms with Crippen molar-refractivity contribution in [3.05, 3.63) is 83.9 Å². The maximum atomic E-state index is 11.5. The molecule has 0 amide bonds. The number of ether oxygens (including phenoxy) is 1. The molecule has 3 aromatic carbocycles. The molecule has 0 aliphatic rings. The van der Waals surface area contributed by atoms with Gasteiger partial charge in [-0.2, -0.15) is 18.2 Å². The summed E-state index contributed by atoms with van der Waals surface area (Å²) in [5.41, 5.74) is 4.01. The predicted octanol–water partition coefficient (Wildman–Crippen LogP) is 4.32. The number of carbonyl (C=O) groups is 1. The van der Waals surface area contributed by atoms with Crippen molar-refractivity contribution in [3.63, 3.8) is 0 Å². The molecule has 0 aliphatic heterocycles. The summed E-state index contributed by atoms with van der Waals surface area (Å²) in [6.07, 6.45) is 0. The van der Waals surface area contributed by atoms with E-state index in [9.17, 15) is 4.79 Å². The standard InChI is InChI=1S/C16H18NO2.C5H5.Fe/c1-17(2)11-12-7-8-14(9-12)13-5-4-6-15(10-13)16(18)19-3;1-2-4-5-3-1;/h4-10H,11H2,1-3H3;1-5H;/q2*-1;+2. The average molecular weight is 377 g/mol. The van der Waals surface area contributed by atoms with Gasteiger partial charge in [0.05, 0.1) is 7.11 Å². The van der Waals surface area contributed by atoms with Gasteiger partial charge in [0.1, 0.15) is 0 Å². The first-order valence-electron chi connectivity index (χ1n) is 7.86. The summed E-state index contributed by atoms with van der Waals surface area (Å²) in [5, 5.41) is 0. The Bertz CT molecular complexity index is 728. The summed E-state index contributed by atoms with van der Waals surface area (Å²) in [7, 11) is 5.49. The Morgan fingerprint density at radius 3 is 2.44 bits per heavy atom. The summed E-state index contributed by atoms with van der Waals surface area (Å²) >= 11 is 0. The second-order valence-corrected chi connectivity index (χ2v) is 5.78. The van der Waals surface area contributed by atoms with Gasteiger partial charge in [0.25, 0.3) is 0 Å². The first-order valence-corrected chi connectivity index (χ1v) is 7.86. The van der Waals surface area contributed by atoms with Crippen molar-refractivity contribution in [2.24, 2.45) is 0 Å². The van der Waals surface area contributed by atoms with E-state index in [0.29, 0.717) is 5.56 Å². The first-order chi connectivity index (χ1) is 11.6. The van der Waals surface area contributed by atoms with E-state index in [0.717, 1.165) is 17.7 Å². The van der Waals surface area contributed by atoms with Gasteiger partial charge in [-0.3, -0.25) is 0 Å². The summed E-state index contributed by atoms with van der Waals surface area (Å²) < 4.78 is 4.74. The van der Waals surface area contributed by atoms with Gasteiger partial charge in [-0.1, -0.05) is 17.7 Å². The smallest absolute Gasteiger partial charge is 0.466 e. The Hall–Kier alpha value is -2.13. The number of nitrogens with zero attached hydrogens (tertiary/aromatic N) is 1. The van der Waals surface area contributed by atoms with E-state index in [1.54, 1.807) is 6.07 Å². The van der Waals surface area contributed by atoms with Gasteiger partial charge < -0.3 is 9.64 Å². The molecule has 0 heterocycles. The van der Waals surface area contributed by atoms with Gasteiger partial charge in [0, 0.05) is 5.56 Å². The molecule has 0 saturated carbocycles. The Morgan fingerprint density at radius 1 is 1.16 bits per heavy atom. The van der Waals surface area contributed by atoms with Gasteiger partial charge in [0.2, 0.25) is 0 Å². The van der Waals surface area contributed by atoms with E-state index in [4.69, 9.17) is 4.74 Å². The van der Waals surface area contributed by atoms with E-state index in [1.165, 1.54) is 12.7 Å². The Labute approximate surface area is 160 Å². The summed E-state index contributed by atoms with van der Waals surface area (Å²) in [6, 6.07) is 23.8. The van der Waals surface area contributed by atoms with Crippen LogP contribution < -0.4 is 0 Å². The van der Waals surface area contributed by atoms with E-state index < -0.39 is 0 Å². The summed E-state index contributed by atoms with van der Waals surface area (Å²) in [6.45, 7) is 0.913. The Balaban J connectivity index is 0.000000448. The van der Waals surface area contributed by atoms with Crippen LogP contribution in [0.2, 0.25) is 0 Å². The Kier molecular flexibility index (Phi) is 8.93.